The SMILES string of the molecule is N=CC(C(=O)O)c1ccc2sccc2c1. The summed E-state index contributed by atoms with van der Waals surface area (Å²) in [6.45, 7) is 0. The number of fused-ring (bicyclic) bond motifs is 1. The van der Waals surface area contributed by atoms with Gasteiger partial charge in [-0.25, -0.2) is 0 Å². The van der Waals surface area contributed by atoms with Crippen LogP contribution in [0.1, 0.15) is 11.5 Å². The second-order valence-corrected chi connectivity index (χ2v) is 4.15. The van der Waals surface area contributed by atoms with E-state index >= 15 is 0 Å². The quantitative estimate of drug-likeness (QED) is 0.780. The lowest BCUT2D eigenvalue weighted by Gasteiger charge is -2.06. The molecule has 1 aromatic heterocycles. The molecule has 0 aliphatic carbocycles. The molecule has 1 atom stereocenters. The largest absolute Gasteiger partial charge is 0.481 e. The monoisotopic (exact) mass is 219 g/mol. The third-order valence-corrected chi connectivity index (χ3v) is 3.17. The first-order valence-electron chi connectivity index (χ1n) is 4.43. The summed E-state index contributed by atoms with van der Waals surface area (Å²) in [5.41, 5.74) is 0.656. The molecule has 0 aliphatic heterocycles. The molecule has 0 fully saturated rings. The van der Waals surface area contributed by atoms with Gasteiger partial charge in [0, 0.05) is 10.9 Å². The number of thiophene rings is 1. The van der Waals surface area contributed by atoms with Crippen LogP contribution in [0.4, 0.5) is 0 Å². The van der Waals surface area contributed by atoms with E-state index in [1.807, 2.05) is 23.6 Å². The van der Waals surface area contributed by atoms with Crippen LogP contribution in [-0.2, 0) is 4.79 Å². The van der Waals surface area contributed by atoms with Crippen molar-refractivity contribution in [2.45, 2.75) is 5.92 Å². The molecule has 0 saturated carbocycles. The molecule has 1 unspecified atom stereocenters. The number of rotatable bonds is 3. The van der Waals surface area contributed by atoms with E-state index in [4.69, 9.17) is 10.5 Å². The summed E-state index contributed by atoms with van der Waals surface area (Å²) in [5, 5.41) is 19.0. The lowest BCUT2D eigenvalue weighted by atomic mass is 9.99. The Kier molecular flexibility index (Phi) is 2.51. The topological polar surface area (TPSA) is 61.2 Å². The van der Waals surface area contributed by atoms with Gasteiger partial charge in [-0.1, -0.05) is 6.07 Å². The van der Waals surface area contributed by atoms with Crippen molar-refractivity contribution in [1.82, 2.24) is 0 Å². The number of hydrogen-bond donors (Lipinski definition) is 2. The maximum Gasteiger partial charge on any atom is 0.316 e. The number of carboxylic acid groups (broad SMARTS) is 1. The summed E-state index contributed by atoms with van der Waals surface area (Å²) in [6.07, 6.45) is 0.954. The van der Waals surface area contributed by atoms with Crippen molar-refractivity contribution in [3.8, 4) is 0 Å². The number of aliphatic carboxylic acids is 1. The Morgan fingerprint density at radius 2 is 2.27 bits per heavy atom. The Bertz CT molecular complexity index is 518. The molecule has 1 heterocycles. The Labute approximate surface area is 90.5 Å². The highest BCUT2D eigenvalue weighted by Gasteiger charge is 2.16. The molecule has 3 nitrogen and oxygen atoms in total. The first-order chi connectivity index (χ1) is 7.22. The van der Waals surface area contributed by atoms with Gasteiger partial charge in [-0.2, -0.15) is 0 Å². The van der Waals surface area contributed by atoms with Crippen molar-refractivity contribution in [2.24, 2.45) is 0 Å². The fourth-order valence-electron chi connectivity index (χ4n) is 1.49. The average Bonchev–Trinajstić information content (AvgIpc) is 2.65. The van der Waals surface area contributed by atoms with Gasteiger partial charge in [-0.3, -0.25) is 4.79 Å². The summed E-state index contributed by atoms with van der Waals surface area (Å²) in [7, 11) is 0. The highest BCUT2D eigenvalue weighted by molar-refractivity contribution is 7.17. The molecular weight excluding hydrogens is 210 g/mol. The molecule has 0 amide bonds. The summed E-state index contributed by atoms with van der Waals surface area (Å²) in [4.78, 5) is 10.9. The molecule has 4 heteroatoms. The fourth-order valence-corrected chi connectivity index (χ4v) is 2.26. The van der Waals surface area contributed by atoms with Crippen LogP contribution in [0, 0.1) is 5.41 Å². The van der Waals surface area contributed by atoms with E-state index in [2.05, 4.69) is 0 Å². The molecule has 0 radical (unpaired) electrons. The third-order valence-electron chi connectivity index (χ3n) is 2.27. The van der Waals surface area contributed by atoms with E-state index < -0.39 is 11.9 Å². The predicted molar refractivity (Wildman–Crippen MR) is 61.0 cm³/mol. The average molecular weight is 219 g/mol. The van der Waals surface area contributed by atoms with Crippen LogP contribution in [0.25, 0.3) is 10.1 Å². The number of benzene rings is 1. The van der Waals surface area contributed by atoms with Crippen LogP contribution in [0.3, 0.4) is 0 Å². The number of nitrogens with one attached hydrogen (secondary N) is 1. The van der Waals surface area contributed by atoms with Crippen molar-refractivity contribution >= 4 is 33.6 Å². The Morgan fingerprint density at radius 1 is 1.47 bits per heavy atom. The van der Waals surface area contributed by atoms with Gasteiger partial charge >= 0.3 is 5.97 Å². The Balaban J connectivity index is 2.50. The van der Waals surface area contributed by atoms with Gasteiger partial charge in [-0.15, -0.1) is 11.3 Å². The molecule has 1 aromatic carbocycles. The van der Waals surface area contributed by atoms with E-state index in [-0.39, 0.29) is 0 Å². The van der Waals surface area contributed by atoms with Crippen molar-refractivity contribution in [2.75, 3.05) is 0 Å². The molecule has 0 saturated heterocycles. The second-order valence-electron chi connectivity index (χ2n) is 3.20. The van der Waals surface area contributed by atoms with E-state index in [1.54, 1.807) is 17.4 Å². The molecule has 2 rings (SSSR count). The van der Waals surface area contributed by atoms with Crippen LogP contribution >= 0.6 is 11.3 Å². The molecule has 2 N–H and O–H groups in total. The summed E-state index contributed by atoms with van der Waals surface area (Å²) in [5.74, 6) is -1.83. The Hall–Kier alpha value is -1.68. The second kappa shape index (κ2) is 3.82. The summed E-state index contributed by atoms with van der Waals surface area (Å²) in [6, 6.07) is 7.44. The molecule has 2 aromatic rings. The van der Waals surface area contributed by atoms with E-state index in [0.29, 0.717) is 5.56 Å². The standard InChI is InChI=1S/C11H9NO2S/c12-6-9(11(13)14)7-1-2-10-8(5-7)3-4-15-10/h1-6,9,12H,(H,13,14). The lowest BCUT2D eigenvalue weighted by Crippen LogP contribution is -2.12. The van der Waals surface area contributed by atoms with Crippen LogP contribution < -0.4 is 0 Å². The normalized spacial score (nSPS) is 12.5. The lowest BCUT2D eigenvalue weighted by molar-refractivity contribution is -0.136. The highest BCUT2D eigenvalue weighted by Crippen LogP contribution is 2.25. The van der Waals surface area contributed by atoms with Crippen molar-refractivity contribution in [3.63, 3.8) is 0 Å². The van der Waals surface area contributed by atoms with E-state index in [1.165, 1.54) is 0 Å². The zero-order chi connectivity index (χ0) is 10.8. The first-order valence-corrected chi connectivity index (χ1v) is 5.31. The van der Waals surface area contributed by atoms with Gasteiger partial charge in [0.2, 0.25) is 0 Å². The zero-order valence-corrected chi connectivity index (χ0v) is 8.62. The van der Waals surface area contributed by atoms with E-state index in [9.17, 15) is 4.79 Å². The summed E-state index contributed by atoms with van der Waals surface area (Å²) < 4.78 is 1.13. The minimum Gasteiger partial charge on any atom is -0.481 e. The molecule has 0 aliphatic rings. The molecular formula is C11H9NO2S. The predicted octanol–water partition coefficient (Wildman–Crippen LogP) is 2.72. The number of carbonyl (C=O) groups is 1. The minimum absolute atomic E-state index is 0.656. The van der Waals surface area contributed by atoms with Gasteiger partial charge in [0.1, 0.15) is 5.92 Å². The van der Waals surface area contributed by atoms with Gasteiger partial charge < -0.3 is 10.5 Å². The third kappa shape index (κ3) is 1.76. The van der Waals surface area contributed by atoms with Gasteiger partial charge in [0.15, 0.2) is 0 Å². The minimum atomic E-state index is -0.987. The van der Waals surface area contributed by atoms with Gasteiger partial charge in [0.05, 0.1) is 0 Å². The smallest absolute Gasteiger partial charge is 0.316 e. The fraction of sp³-hybridized carbons (Fsp3) is 0.0909. The maximum absolute atomic E-state index is 10.9. The molecule has 76 valence electrons. The van der Waals surface area contributed by atoms with Gasteiger partial charge in [-0.05, 0) is 34.5 Å². The zero-order valence-electron chi connectivity index (χ0n) is 7.81. The van der Waals surface area contributed by atoms with Crippen LogP contribution in [0.5, 0.6) is 0 Å². The van der Waals surface area contributed by atoms with Crippen molar-refractivity contribution in [3.05, 3.63) is 35.2 Å². The number of carboxylic acids is 1. The van der Waals surface area contributed by atoms with E-state index in [0.717, 1.165) is 16.3 Å². The molecule has 0 spiro atoms. The summed E-state index contributed by atoms with van der Waals surface area (Å²) >= 11 is 1.62. The van der Waals surface area contributed by atoms with Crippen LogP contribution in [0.15, 0.2) is 29.6 Å². The van der Waals surface area contributed by atoms with Crippen LogP contribution in [-0.4, -0.2) is 17.3 Å². The Morgan fingerprint density at radius 3 is 2.93 bits per heavy atom. The first kappa shape index (κ1) is 9.86. The molecule has 15 heavy (non-hydrogen) atoms. The van der Waals surface area contributed by atoms with Crippen molar-refractivity contribution in [1.29, 1.82) is 5.41 Å². The maximum atomic E-state index is 10.9. The highest BCUT2D eigenvalue weighted by atomic mass is 32.1. The van der Waals surface area contributed by atoms with Gasteiger partial charge in [0.25, 0.3) is 0 Å². The number of hydrogen-bond acceptors (Lipinski definition) is 3. The molecule has 0 bridgehead atoms. The van der Waals surface area contributed by atoms with Crippen molar-refractivity contribution < 1.29 is 9.90 Å². The van der Waals surface area contributed by atoms with Crippen LogP contribution in [0.2, 0.25) is 0 Å².